The summed E-state index contributed by atoms with van der Waals surface area (Å²) in [6.07, 6.45) is -1.05. The maximum Gasteiger partial charge on any atom is 0.124 e. The molecule has 1 aromatic carbocycles. The van der Waals surface area contributed by atoms with Crippen LogP contribution in [0.5, 0.6) is 5.75 Å². The van der Waals surface area contributed by atoms with Crippen LogP contribution in [0.25, 0.3) is 0 Å². The van der Waals surface area contributed by atoms with Crippen molar-refractivity contribution in [3.8, 4) is 11.8 Å². The molecule has 0 radical (unpaired) electrons. The number of aliphatic hydroxyl groups excluding tert-OH is 1. The van der Waals surface area contributed by atoms with Gasteiger partial charge in [0.05, 0.1) is 17.7 Å². The lowest BCUT2D eigenvalue weighted by molar-refractivity contribution is 0.0126. The second kappa shape index (κ2) is 3.54. The number of nitrogens with two attached hydrogens (primary N) is 1. The molecule has 0 aliphatic carbocycles. The minimum atomic E-state index is -0.730. The summed E-state index contributed by atoms with van der Waals surface area (Å²) in [5.41, 5.74) is 7.08. The van der Waals surface area contributed by atoms with Crippen molar-refractivity contribution in [3.05, 3.63) is 29.3 Å². The molecule has 3 N–H and O–H groups in total. The summed E-state index contributed by atoms with van der Waals surface area (Å²) in [5, 5.41) is 18.5. The van der Waals surface area contributed by atoms with Crippen molar-refractivity contribution in [2.24, 2.45) is 5.73 Å². The third kappa shape index (κ3) is 1.56. The summed E-state index contributed by atoms with van der Waals surface area (Å²) in [5.74, 6) is 0.652. The van der Waals surface area contributed by atoms with E-state index in [0.717, 1.165) is 0 Å². The molecular formula is C11H12N2O2. The number of fused-ring (bicyclic) bond motifs is 1. The van der Waals surface area contributed by atoms with E-state index in [1.54, 1.807) is 25.1 Å². The normalized spacial score (nSPS) is 28.8. The van der Waals surface area contributed by atoms with E-state index < -0.39 is 12.1 Å². The summed E-state index contributed by atoms with van der Waals surface area (Å²) in [4.78, 5) is 0. The highest BCUT2D eigenvalue weighted by atomic mass is 16.5. The minimum Gasteiger partial charge on any atom is -0.488 e. The number of nitrogens with zero attached hydrogens (tertiary/aromatic N) is 1. The lowest BCUT2D eigenvalue weighted by Gasteiger charge is -2.32. The van der Waals surface area contributed by atoms with Crippen LogP contribution < -0.4 is 10.5 Å². The quantitative estimate of drug-likeness (QED) is 0.652. The average Bonchev–Trinajstić information content (AvgIpc) is 2.26. The van der Waals surface area contributed by atoms with Gasteiger partial charge in [0.2, 0.25) is 0 Å². The molecule has 78 valence electrons. The van der Waals surface area contributed by atoms with Gasteiger partial charge in [0.25, 0.3) is 0 Å². The van der Waals surface area contributed by atoms with Crippen LogP contribution >= 0.6 is 0 Å². The van der Waals surface area contributed by atoms with Crippen LogP contribution in [0.15, 0.2) is 18.2 Å². The molecule has 4 nitrogen and oxygen atoms in total. The van der Waals surface area contributed by atoms with Gasteiger partial charge in [-0.2, -0.15) is 5.26 Å². The molecule has 0 saturated carbocycles. The van der Waals surface area contributed by atoms with Gasteiger partial charge in [-0.05, 0) is 25.1 Å². The Morgan fingerprint density at radius 3 is 2.93 bits per heavy atom. The van der Waals surface area contributed by atoms with Gasteiger partial charge in [0, 0.05) is 5.56 Å². The molecule has 3 atom stereocenters. The lowest BCUT2D eigenvalue weighted by atomic mass is 9.94. The van der Waals surface area contributed by atoms with Crippen LogP contribution in [0.1, 0.15) is 24.1 Å². The zero-order chi connectivity index (χ0) is 11.0. The predicted molar refractivity (Wildman–Crippen MR) is 54.2 cm³/mol. The van der Waals surface area contributed by atoms with E-state index >= 15 is 0 Å². The van der Waals surface area contributed by atoms with Crippen molar-refractivity contribution in [3.63, 3.8) is 0 Å². The first-order chi connectivity index (χ1) is 7.13. The van der Waals surface area contributed by atoms with Crippen LogP contribution in [-0.4, -0.2) is 17.3 Å². The highest BCUT2D eigenvalue weighted by molar-refractivity contribution is 5.45. The summed E-state index contributed by atoms with van der Waals surface area (Å²) in [7, 11) is 0. The van der Waals surface area contributed by atoms with Crippen molar-refractivity contribution in [2.75, 3.05) is 0 Å². The number of aliphatic hydroxyl groups is 1. The topological polar surface area (TPSA) is 79.3 Å². The average molecular weight is 204 g/mol. The monoisotopic (exact) mass is 204 g/mol. The molecule has 2 rings (SSSR count). The van der Waals surface area contributed by atoms with Crippen LogP contribution in [0.4, 0.5) is 0 Å². The summed E-state index contributed by atoms with van der Waals surface area (Å²) < 4.78 is 5.47. The zero-order valence-electron chi connectivity index (χ0n) is 8.34. The Morgan fingerprint density at radius 2 is 2.27 bits per heavy atom. The van der Waals surface area contributed by atoms with Crippen LogP contribution in [-0.2, 0) is 0 Å². The van der Waals surface area contributed by atoms with Crippen LogP contribution in [0, 0.1) is 11.3 Å². The molecule has 0 aromatic heterocycles. The van der Waals surface area contributed by atoms with Gasteiger partial charge in [-0.3, -0.25) is 0 Å². The number of ether oxygens (including phenoxy) is 1. The molecule has 4 heteroatoms. The van der Waals surface area contributed by atoms with Gasteiger partial charge in [0.15, 0.2) is 0 Å². The Balaban J connectivity index is 2.48. The van der Waals surface area contributed by atoms with E-state index in [-0.39, 0.29) is 6.10 Å². The predicted octanol–water partition coefficient (Wildman–Crippen LogP) is 0.700. The fourth-order valence-corrected chi connectivity index (χ4v) is 1.73. The molecule has 0 spiro atoms. The van der Waals surface area contributed by atoms with Crippen molar-refractivity contribution in [1.29, 1.82) is 5.26 Å². The summed E-state index contributed by atoms with van der Waals surface area (Å²) in [6.45, 7) is 1.77. The summed E-state index contributed by atoms with van der Waals surface area (Å²) >= 11 is 0. The molecular weight excluding hydrogens is 192 g/mol. The number of hydrogen-bond donors (Lipinski definition) is 2. The smallest absolute Gasteiger partial charge is 0.124 e. The molecule has 1 aliphatic rings. The minimum absolute atomic E-state index is 0.319. The largest absolute Gasteiger partial charge is 0.488 e. The molecule has 15 heavy (non-hydrogen) atoms. The van der Waals surface area contributed by atoms with Crippen LogP contribution in [0.2, 0.25) is 0 Å². The van der Waals surface area contributed by atoms with E-state index in [4.69, 9.17) is 15.7 Å². The van der Waals surface area contributed by atoms with E-state index in [1.807, 2.05) is 6.07 Å². The first-order valence-corrected chi connectivity index (χ1v) is 4.78. The molecule has 1 aromatic rings. The van der Waals surface area contributed by atoms with Crippen molar-refractivity contribution in [1.82, 2.24) is 0 Å². The van der Waals surface area contributed by atoms with Gasteiger partial charge in [-0.1, -0.05) is 0 Å². The Kier molecular flexibility index (Phi) is 2.35. The third-order valence-electron chi connectivity index (χ3n) is 2.66. The highest BCUT2D eigenvalue weighted by Gasteiger charge is 2.32. The van der Waals surface area contributed by atoms with Crippen molar-refractivity contribution >= 4 is 0 Å². The first-order valence-electron chi connectivity index (χ1n) is 4.78. The number of benzene rings is 1. The van der Waals surface area contributed by atoms with Gasteiger partial charge >= 0.3 is 0 Å². The van der Waals surface area contributed by atoms with E-state index in [1.165, 1.54) is 0 Å². The molecule has 1 aliphatic heterocycles. The molecule has 0 fully saturated rings. The van der Waals surface area contributed by atoms with Gasteiger partial charge < -0.3 is 15.6 Å². The Hall–Kier alpha value is -1.57. The van der Waals surface area contributed by atoms with Gasteiger partial charge in [-0.15, -0.1) is 0 Å². The van der Waals surface area contributed by atoms with Crippen molar-refractivity contribution < 1.29 is 9.84 Å². The maximum absolute atomic E-state index is 9.72. The lowest BCUT2D eigenvalue weighted by Crippen LogP contribution is -2.42. The SMILES string of the molecule is C[C@@H]1Oc2ccc(C#N)cc2C(N)[C@H]1O. The number of nitriles is 1. The first kappa shape index (κ1) is 9.97. The molecule has 0 saturated heterocycles. The van der Waals surface area contributed by atoms with E-state index in [9.17, 15) is 5.11 Å². The highest BCUT2D eigenvalue weighted by Crippen LogP contribution is 2.33. The van der Waals surface area contributed by atoms with Gasteiger partial charge in [-0.25, -0.2) is 0 Å². The zero-order valence-corrected chi connectivity index (χ0v) is 8.34. The van der Waals surface area contributed by atoms with Crippen molar-refractivity contribution in [2.45, 2.75) is 25.2 Å². The Morgan fingerprint density at radius 1 is 1.53 bits per heavy atom. The standard InChI is InChI=1S/C11H12N2O2/c1-6-11(14)10(13)8-4-7(5-12)2-3-9(8)15-6/h2-4,6,10-11,14H,13H2,1H3/t6-,10?,11-/m0/s1. The molecule has 1 unspecified atom stereocenters. The second-order valence-electron chi connectivity index (χ2n) is 3.70. The van der Waals surface area contributed by atoms with E-state index in [0.29, 0.717) is 16.9 Å². The number of hydrogen-bond acceptors (Lipinski definition) is 4. The fourth-order valence-electron chi connectivity index (χ4n) is 1.73. The summed E-state index contributed by atoms with van der Waals surface area (Å²) in [6, 6.07) is 6.60. The second-order valence-corrected chi connectivity index (χ2v) is 3.70. The Labute approximate surface area is 87.9 Å². The fraction of sp³-hybridized carbons (Fsp3) is 0.364. The maximum atomic E-state index is 9.72. The molecule has 0 bridgehead atoms. The van der Waals surface area contributed by atoms with E-state index in [2.05, 4.69) is 0 Å². The number of rotatable bonds is 0. The third-order valence-corrected chi connectivity index (χ3v) is 2.66. The van der Waals surface area contributed by atoms with Gasteiger partial charge in [0.1, 0.15) is 18.0 Å². The van der Waals surface area contributed by atoms with Crippen LogP contribution in [0.3, 0.4) is 0 Å². The molecule has 1 heterocycles. The molecule has 0 amide bonds. The Bertz CT molecular complexity index is 425.